The molecule has 7 heteroatoms. The molecule has 34 heavy (non-hydrogen) atoms. The van der Waals surface area contributed by atoms with Gasteiger partial charge in [-0.15, -0.1) is 0 Å². The summed E-state index contributed by atoms with van der Waals surface area (Å²) in [6.07, 6.45) is 7.27. The number of nitrogens with zero attached hydrogens (tertiary/aromatic N) is 2. The van der Waals surface area contributed by atoms with Crippen molar-refractivity contribution >= 4 is 11.9 Å². The summed E-state index contributed by atoms with van der Waals surface area (Å²) in [6.45, 7) is 4.12. The normalized spacial score (nSPS) is 19.4. The molecule has 1 aliphatic carbocycles. The fraction of sp³-hybridized carbons (Fsp3) is 0.556. The summed E-state index contributed by atoms with van der Waals surface area (Å²) in [5, 5.41) is 0. The zero-order valence-electron chi connectivity index (χ0n) is 20.0. The highest BCUT2D eigenvalue weighted by Crippen LogP contribution is 2.27. The highest BCUT2D eigenvalue weighted by molar-refractivity contribution is 5.92. The predicted molar refractivity (Wildman–Crippen MR) is 126 cm³/mol. The van der Waals surface area contributed by atoms with Gasteiger partial charge in [0.05, 0.1) is 19.1 Å². The standard InChI is InChI=1S/C27H35FN2O4/c1-2-33-27(32)21-10-8-16-29(18-21)26(31)25-15-14-23(34-25)19-30(22-11-4-3-5-12-22)17-20-9-6-7-13-24(20)28/h6-7,9,13-15,21-22H,2-5,8,10-12,16-19H2,1H3. The van der Waals surface area contributed by atoms with Crippen molar-refractivity contribution in [2.24, 2.45) is 5.92 Å². The number of likely N-dealkylation sites (tertiary alicyclic amines) is 1. The van der Waals surface area contributed by atoms with E-state index in [0.717, 1.165) is 25.7 Å². The second kappa shape index (κ2) is 11.6. The Hall–Kier alpha value is -2.67. The molecule has 2 aromatic rings. The van der Waals surface area contributed by atoms with E-state index in [4.69, 9.17) is 9.15 Å². The second-order valence-corrected chi connectivity index (χ2v) is 9.40. The lowest BCUT2D eigenvalue weighted by Crippen LogP contribution is -2.42. The lowest BCUT2D eigenvalue weighted by atomic mass is 9.93. The molecule has 0 radical (unpaired) electrons. The average molecular weight is 471 g/mol. The van der Waals surface area contributed by atoms with Gasteiger partial charge in [0.25, 0.3) is 5.91 Å². The molecule has 1 aromatic heterocycles. The number of benzene rings is 1. The molecule has 1 saturated heterocycles. The zero-order valence-corrected chi connectivity index (χ0v) is 20.0. The number of hydrogen-bond donors (Lipinski definition) is 0. The quantitative estimate of drug-likeness (QED) is 0.498. The Morgan fingerprint density at radius 2 is 1.85 bits per heavy atom. The van der Waals surface area contributed by atoms with Gasteiger partial charge in [0.2, 0.25) is 0 Å². The number of esters is 1. The van der Waals surface area contributed by atoms with Gasteiger partial charge in [-0.1, -0.05) is 37.5 Å². The molecule has 4 rings (SSSR count). The number of furan rings is 1. The summed E-state index contributed by atoms with van der Waals surface area (Å²) in [4.78, 5) is 29.2. The minimum absolute atomic E-state index is 0.195. The molecule has 1 saturated carbocycles. The number of amides is 1. The summed E-state index contributed by atoms with van der Waals surface area (Å²) >= 11 is 0. The fourth-order valence-electron chi connectivity index (χ4n) is 5.15. The topological polar surface area (TPSA) is 63.0 Å². The summed E-state index contributed by atoms with van der Waals surface area (Å²) in [6, 6.07) is 10.8. The van der Waals surface area contributed by atoms with Gasteiger partial charge >= 0.3 is 5.97 Å². The molecule has 0 N–H and O–H groups in total. The van der Waals surface area contributed by atoms with Crippen molar-refractivity contribution < 1.29 is 23.1 Å². The maximum Gasteiger partial charge on any atom is 0.310 e. The predicted octanol–water partition coefficient (Wildman–Crippen LogP) is 5.17. The van der Waals surface area contributed by atoms with E-state index in [-0.39, 0.29) is 29.4 Å². The number of ether oxygens (including phenoxy) is 1. The lowest BCUT2D eigenvalue weighted by Gasteiger charge is -2.34. The third kappa shape index (κ3) is 6.06. The van der Waals surface area contributed by atoms with Crippen LogP contribution in [0.4, 0.5) is 4.39 Å². The fourth-order valence-corrected chi connectivity index (χ4v) is 5.15. The van der Waals surface area contributed by atoms with Gasteiger partial charge in [-0.2, -0.15) is 0 Å². The minimum Gasteiger partial charge on any atom is -0.466 e. The van der Waals surface area contributed by atoms with Crippen molar-refractivity contribution in [1.82, 2.24) is 9.80 Å². The van der Waals surface area contributed by atoms with Crippen LogP contribution in [0, 0.1) is 11.7 Å². The van der Waals surface area contributed by atoms with Crippen LogP contribution in [0.2, 0.25) is 0 Å². The highest BCUT2D eigenvalue weighted by atomic mass is 19.1. The van der Waals surface area contributed by atoms with Crippen LogP contribution in [-0.4, -0.2) is 47.4 Å². The van der Waals surface area contributed by atoms with E-state index in [1.54, 1.807) is 24.0 Å². The first kappa shape index (κ1) is 24.5. The number of rotatable bonds is 8. The molecule has 0 spiro atoms. The number of piperidine rings is 1. The SMILES string of the molecule is CCOC(=O)C1CCCN(C(=O)c2ccc(CN(Cc3ccccc3F)C3CCCCC3)o2)C1. The Morgan fingerprint density at radius 1 is 1.06 bits per heavy atom. The van der Waals surface area contributed by atoms with Gasteiger partial charge in [0.1, 0.15) is 11.6 Å². The molecule has 2 fully saturated rings. The molecule has 6 nitrogen and oxygen atoms in total. The van der Waals surface area contributed by atoms with Crippen LogP contribution in [0.5, 0.6) is 0 Å². The van der Waals surface area contributed by atoms with Gasteiger partial charge in [-0.3, -0.25) is 14.5 Å². The number of halogens is 1. The molecule has 0 bridgehead atoms. The Kier molecular flexibility index (Phi) is 8.38. The van der Waals surface area contributed by atoms with E-state index >= 15 is 0 Å². The summed E-state index contributed by atoms with van der Waals surface area (Å²) in [7, 11) is 0. The van der Waals surface area contributed by atoms with Gasteiger partial charge in [-0.25, -0.2) is 4.39 Å². The number of carbonyl (C=O) groups excluding carboxylic acids is 2. The van der Waals surface area contributed by atoms with E-state index in [2.05, 4.69) is 4.90 Å². The molecule has 1 atom stereocenters. The van der Waals surface area contributed by atoms with Crippen molar-refractivity contribution in [2.45, 2.75) is 71.0 Å². The maximum atomic E-state index is 14.4. The Labute approximate surface area is 201 Å². The Balaban J connectivity index is 1.44. The first-order valence-corrected chi connectivity index (χ1v) is 12.6. The molecule has 1 aliphatic heterocycles. The maximum absolute atomic E-state index is 14.4. The van der Waals surface area contributed by atoms with E-state index in [0.29, 0.717) is 50.2 Å². The van der Waals surface area contributed by atoms with Gasteiger partial charge in [-0.05, 0) is 50.8 Å². The zero-order chi connectivity index (χ0) is 23.9. The van der Waals surface area contributed by atoms with Crippen LogP contribution < -0.4 is 0 Å². The lowest BCUT2D eigenvalue weighted by molar-refractivity contribution is -0.149. The Bertz CT molecular complexity index is 969. The van der Waals surface area contributed by atoms with Crippen molar-refractivity contribution in [3.8, 4) is 0 Å². The molecule has 2 aliphatic rings. The summed E-state index contributed by atoms with van der Waals surface area (Å²) < 4.78 is 25.5. The van der Waals surface area contributed by atoms with Gasteiger partial charge < -0.3 is 14.1 Å². The summed E-state index contributed by atoms with van der Waals surface area (Å²) in [5.41, 5.74) is 0.675. The van der Waals surface area contributed by atoms with Crippen molar-refractivity contribution in [3.63, 3.8) is 0 Å². The molecule has 2 heterocycles. The van der Waals surface area contributed by atoms with Crippen LogP contribution in [0.3, 0.4) is 0 Å². The van der Waals surface area contributed by atoms with E-state index in [1.165, 1.54) is 25.3 Å². The van der Waals surface area contributed by atoms with Gasteiger partial charge in [0.15, 0.2) is 5.76 Å². The second-order valence-electron chi connectivity index (χ2n) is 9.40. The van der Waals surface area contributed by atoms with Crippen LogP contribution in [0.15, 0.2) is 40.8 Å². The van der Waals surface area contributed by atoms with E-state index in [9.17, 15) is 14.0 Å². The number of hydrogen-bond acceptors (Lipinski definition) is 5. The average Bonchev–Trinajstić information content (AvgIpc) is 3.34. The molecule has 1 unspecified atom stereocenters. The molecule has 184 valence electrons. The molecule has 1 amide bonds. The van der Waals surface area contributed by atoms with Crippen molar-refractivity contribution in [1.29, 1.82) is 0 Å². The third-order valence-electron chi connectivity index (χ3n) is 6.98. The third-order valence-corrected chi connectivity index (χ3v) is 6.98. The van der Waals surface area contributed by atoms with Gasteiger partial charge in [0, 0.05) is 31.2 Å². The first-order valence-electron chi connectivity index (χ1n) is 12.6. The summed E-state index contributed by atoms with van der Waals surface area (Å²) in [5.74, 6) is 0.0719. The molecular formula is C27H35FN2O4. The first-order chi connectivity index (χ1) is 16.5. The van der Waals surface area contributed by atoms with Crippen LogP contribution in [0.1, 0.15) is 73.7 Å². The van der Waals surface area contributed by atoms with E-state index in [1.807, 2.05) is 18.2 Å². The Morgan fingerprint density at radius 3 is 2.62 bits per heavy atom. The highest BCUT2D eigenvalue weighted by Gasteiger charge is 2.31. The van der Waals surface area contributed by atoms with Crippen LogP contribution in [-0.2, 0) is 22.6 Å². The monoisotopic (exact) mass is 470 g/mol. The molecule has 1 aromatic carbocycles. The van der Waals surface area contributed by atoms with Crippen molar-refractivity contribution in [2.75, 3.05) is 19.7 Å². The number of carbonyl (C=O) groups is 2. The van der Waals surface area contributed by atoms with Crippen LogP contribution >= 0.6 is 0 Å². The van der Waals surface area contributed by atoms with E-state index < -0.39 is 0 Å². The minimum atomic E-state index is -0.283. The molecular weight excluding hydrogens is 435 g/mol. The largest absolute Gasteiger partial charge is 0.466 e. The van der Waals surface area contributed by atoms with Crippen molar-refractivity contribution in [3.05, 3.63) is 59.3 Å². The smallest absolute Gasteiger partial charge is 0.310 e. The van der Waals surface area contributed by atoms with Crippen LogP contribution in [0.25, 0.3) is 0 Å².